The molecule has 0 radical (unpaired) electrons. The molecular formula is C15H11F2N3S. The first-order valence-corrected chi connectivity index (χ1v) is 7.25. The van der Waals surface area contributed by atoms with Gasteiger partial charge in [-0.1, -0.05) is 30.0 Å². The van der Waals surface area contributed by atoms with Crippen molar-refractivity contribution >= 4 is 11.8 Å². The summed E-state index contributed by atoms with van der Waals surface area (Å²) in [5.41, 5.74) is 1.20. The van der Waals surface area contributed by atoms with Gasteiger partial charge in [-0.15, -0.1) is 5.10 Å². The lowest BCUT2D eigenvalue weighted by Crippen LogP contribution is -1.94. The molecule has 21 heavy (non-hydrogen) atoms. The third-order valence-corrected chi connectivity index (χ3v) is 3.76. The normalized spacial score (nSPS) is 10.8. The van der Waals surface area contributed by atoms with Crippen LogP contribution in [0, 0.1) is 11.6 Å². The van der Waals surface area contributed by atoms with Gasteiger partial charge in [0, 0.05) is 11.3 Å². The Bertz CT molecular complexity index is 744. The third-order valence-electron chi connectivity index (χ3n) is 2.86. The highest BCUT2D eigenvalue weighted by molar-refractivity contribution is 7.98. The zero-order valence-corrected chi connectivity index (χ0v) is 11.7. The Morgan fingerprint density at radius 3 is 2.67 bits per heavy atom. The molecule has 3 rings (SSSR count). The second-order valence-corrected chi connectivity index (χ2v) is 5.27. The first-order valence-electron chi connectivity index (χ1n) is 6.26. The first-order chi connectivity index (χ1) is 10.2. The molecule has 6 heteroatoms. The van der Waals surface area contributed by atoms with E-state index in [-0.39, 0.29) is 5.75 Å². The van der Waals surface area contributed by atoms with E-state index < -0.39 is 11.6 Å². The van der Waals surface area contributed by atoms with Crippen LogP contribution in [0.15, 0.2) is 60.0 Å². The summed E-state index contributed by atoms with van der Waals surface area (Å²) >= 11 is 1.26. The number of halogens is 2. The second-order valence-electron chi connectivity index (χ2n) is 4.33. The van der Waals surface area contributed by atoms with E-state index in [9.17, 15) is 8.78 Å². The maximum atomic E-state index is 13.5. The van der Waals surface area contributed by atoms with Gasteiger partial charge in [-0.3, -0.25) is 0 Å². The van der Waals surface area contributed by atoms with Crippen LogP contribution >= 0.6 is 11.8 Å². The lowest BCUT2D eigenvalue weighted by atomic mass is 10.2. The monoisotopic (exact) mass is 303 g/mol. The van der Waals surface area contributed by atoms with Crippen molar-refractivity contribution < 1.29 is 8.78 Å². The number of rotatable bonds is 4. The van der Waals surface area contributed by atoms with E-state index in [4.69, 9.17) is 0 Å². The maximum absolute atomic E-state index is 13.5. The molecule has 3 aromatic rings. The molecule has 0 fully saturated rings. The van der Waals surface area contributed by atoms with E-state index in [0.29, 0.717) is 10.7 Å². The smallest absolute Gasteiger partial charge is 0.209 e. The van der Waals surface area contributed by atoms with Crippen LogP contribution in [0.2, 0.25) is 0 Å². The van der Waals surface area contributed by atoms with E-state index in [0.717, 1.165) is 17.8 Å². The van der Waals surface area contributed by atoms with Crippen molar-refractivity contribution in [2.75, 3.05) is 0 Å². The summed E-state index contributed by atoms with van der Waals surface area (Å²) in [6.45, 7) is 0. The molecule has 0 unspecified atom stereocenters. The van der Waals surface area contributed by atoms with Crippen molar-refractivity contribution in [3.05, 3.63) is 72.1 Å². The van der Waals surface area contributed by atoms with Gasteiger partial charge in [0.1, 0.15) is 18.0 Å². The molecule has 0 N–H and O–H groups in total. The molecule has 0 aliphatic heterocycles. The third kappa shape index (κ3) is 3.28. The Morgan fingerprint density at radius 1 is 1.05 bits per heavy atom. The topological polar surface area (TPSA) is 30.7 Å². The molecule has 0 saturated heterocycles. The number of nitrogens with zero attached hydrogens (tertiary/aromatic N) is 3. The molecule has 106 valence electrons. The number of hydrogen-bond acceptors (Lipinski definition) is 3. The minimum absolute atomic E-state index is 0.280. The van der Waals surface area contributed by atoms with Crippen LogP contribution in [-0.4, -0.2) is 14.8 Å². The molecule has 1 aromatic heterocycles. The number of para-hydroxylation sites is 1. The number of benzene rings is 2. The quantitative estimate of drug-likeness (QED) is 0.686. The summed E-state index contributed by atoms with van der Waals surface area (Å²) in [4.78, 5) is 4.16. The first kappa shape index (κ1) is 13.8. The molecule has 0 aliphatic rings. The Hall–Kier alpha value is -2.21. The van der Waals surface area contributed by atoms with Crippen molar-refractivity contribution in [3.63, 3.8) is 0 Å². The predicted octanol–water partition coefficient (Wildman–Crippen LogP) is 3.84. The predicted molar refractivity (Wildman–Crippen MR) is 77.3 cm³/mol. The fraction of sp³-hybridized carbons (Fsp3) is 0.0667. The fourth-order valence-corrected chi connectivity index (χ4v) is 2.59. The van der Waals surface area contributed by atoms with Crippen LogP contribution in [-0.2, 0) is 5.75 Å². The molecule has 0 spiro atoms. The van der Waals surface area contributed by atoms with Gasteiger partial charge in [0.15, 0.2) is 0 Å². The summed E-state index contributed by atoms with van der Waals surface area (Å²) in [6, 6.07) is 13.0. The summed E-state index contributed by atoms with van der Waals surface area (Å²) in [5, 5.41) is 4.82. The van der Waals surface area contributed by atoms with Crippen LogP contribution < -0.4 is 0 Å². The number of aromatic nitrogens is 3. The Kier molecular flexibility index (Phi) is 3.96. The van der Waals surface area contributed by atoms with Gasteiger partial charge in [-0.25, -0.2) is 18.4 Å². The minimum Gasteiger partial charge on any atom is -0.220 e. The Balaban J connectivity index is 1.72. The molecule has 0 amide bonds. The van der Waals surface area contributed by atoms with Crippen LogP contribution in [0.5, 0.6) is 0 Å². The number of thioether (sulfide) groups is 1. The van der Waals surface area contributed by atoms with Crippen LogP contribution in [0.4, 0.5) is 8.78 Å². The van der Waals surface area contributed by atoms with E-state index in [1.165, 1.54) is 17.8 Å². The SMILES string of the molecule is Fc1ccc(F)c(CSc2ncn(-c3ccccc3)n2)c1. The van der Waals surface area contributed by atoms with Crippen LogP contribution in [0.25, 0.3) is 5.69 Å². The fourth-order valence-electron chi connectivity index (χ4n) is 1.82. The van der Waals surface area contributed by atoms with Crippen LogP contribution in [0.1, 0.15) is 5.56 Å². The lowest BCUT2D eigenvalue weighted by molar-refractivity contribution is 0.591. The van der Waals surface area contributed by atoms with Crippen LogP contribution in [0.3, 0.4) is 0 Å². The van der Waals surface area contributed by atoms with Gasteiger partial charge in [-0.2, -0.15) is 0 Å². The molecule has 0 saturated carbocycles. The molecule has 0 bridgehead atoms. The van der Waals surface area contributed by atoms with Crippen molar-refractivity contribution in [1.29, 1.82) is 0 Å². The molecule has 2 aromatic carbocycles. The lowest BCUT2D eigenvalue weighted by Gasteiger charge is -2.01. The van der Waals surface area contributed by atoms with Crippen molar-refractivity contribution in [2.24, 2.45) is 0 Å². The van der Waals surface area contributed by atoms with Crippen molar-refractivity contribution in [2.45, 2.75) is 10.9 Å². The van der Waals surface area contributed by atoms with Gasteiger partial charge in [0.05, 0.1) is 5.69 Å². The van der Waals surface area contributed by atoms with E-state index >= 15 is 0 Å². The van der Waals surface area contributed by atoms with E-state index in [1.807, 2.05) is 30.3 Å². The summed E-state index contributed by atoms with van der Waals surface area (Å²) in [7, 11) is 0. The van der Waals surface area contributed by atoms with E-state index in [2.05, 4.69) is 10.1 Å². The average molecular weight is 303 g/mol. The van der Waals surface area contributed by atoms with Gasteiger partial charge in [0.2, 0.25) is 5.16 Å². The Labute approximate surface area is 124 Å². The van der Waals surface area contributed by atoms with Gasteiger partial charge >= 0.3 is 0 Å². The summed E-state index contributed by atoms with van der Waals surface area (Å²) < 4.78 is 28.2. The van der Waals surface area contributed by atoms with Crippen molar-refractivity contribution in [1.82, 2.24) is 14.8 Å². The highest BCUT2D eigenvalue weighted by Gasteiger charge is 2.08. The van der Waals surface area contributed by atoms with Crippen molar-refractivity contribution in [3.8, 4) is 5.69 Å². The van der Waals surface area contributed by atoms with Gasteiger partial charge in [0.25, 0.3) is 0 Å². The minimum atomic E-state index is -0.449. The molecule has 0 aliphatic carbocycles. The molecule has 0 atom stereocenters. The maximum Gasteiger partial charge on any atom is 0.209 e. The zero-order valence-electron chi connectivity index (χ0n) is 10.9. The Morgan fingerprint density at radius 2 is 1.86 bits per heavy atom. The zero-order chi connectivity index (χ0) is 14.7. The average Bonchev–Trinajstić information content (AvgIpc) is 2.98. The standard InChI is InChI=1S/C15H11F2N3S/c16-12-6-7-14(17)11(8-12)9-21-15-18-10-20(19-15)13-4-2-1-3-5-13/h1-8,10H,9H2. The highest BCUT2D eigenvalue weighted by Crippen LogP contribution is 2.22. The second kappa shape index (κ2) is 6.05. The largest absolute Gasteiger partial charge is 0.220 e. The summed E-state index contributed by atoms with van der Waals surface area (Å²) in [6.07, 6.45) is 1.60. The van der Waals surface area contributed by atoms with E-state index in [1.54, 1.807) is 11.0 Å². The molecular weight excluding hydrogens is 292 g/mol. The molecule has 1 heterocycles. The molecule has 3 nitrogen and oxygen atoms in total. The van der Waals surface area contributed by atoms with Gasteiger partial charge < -0.3 is 0 Å². The number of hydrogen-bond donors (Lipinski definition) is 0. The summed E-state index contributed by atoms with van der Waals surface area (Å²) in [5.74, 6) is -0.594. The van der Waals surface area contributed by atoms with Gasteiger partial charge in [-0.05, 0) is 30.3 Å². The highest BCUT2D eigenvalue weighted by atomic mass is 32.2.